The van der Waals surface area contributed by atoms with Crippen LogP contribution in [0.4, 0.5) is 11.4 Å². The first-order valence-electron chi connectivity index (χ1n) is 6.31. The van der Waals surface area contributed by atoms with Crippen molar-refractivity contribution in [2.45, 2.75) is 6.42 Å². The van der Waals surface area contributed by atoms with Crippen LogP contribution in [0.25, 0.3) is 0 Å². The smallest absolute Gasteiger partial charge is 0.119 e. The maximum Gasteiger partial charge on any atom is 0.119 e. The number of rotatable bonds is 6. The molecule has 19 heavy (non-hydrogen) atoms. The van der Waals surface area contributed by atoms with Crippen LogP contribution in [0.1, 0.15) is 5.56 Å². The summed E-state index contributed by atoms with van der Waals surface area (Å²) in [6, 6.07) is 16.3. The van der Waals surface area contributed by atoms with Gasteiger partial charge < -0.3 is 14.8 Å². The van der Waals surface area contributed by atoms with Crippen LogP contribution in [-0.2, 0) is 11.2 Å². The molecule has 0 aliphatic heterocycles. The summed E-state index contributed by atoms with van der Waals surface area (Å²) >= 11 is 0. The van der Waals surface area contributed by atoms with Crippen LogP contribution < -0.4 is 10.1 Å². The van der Waals surface area contributed by atoms with E-state index in [2.05, 4.69) is 29.6 Å². The Kier molecular flexibility index (Phi) is 4.81. The number of ether oxygens (including phenoxy) is 2. The first-order valence-corrected chi connectivity index (χ1v) is 6.31. The minimum absolute atomic E-state index is 0.755. The highest BCUT2D eigenvalue weighted by atomic mass is 16.5. The molecular formula is C16H19NO2. The van der Waals surface area contributed by atoms with Gasteiger partial charge in [0.05, 0.1) is 13.7 Å². The van der Waals surface area contributed by atoms with Crippen LogP contribution in [0, 0.1) is 0 Å². The van der Waals surface area contributed by atoms with Gasteiger partial charge in [-0.3, -0.25) is 0 Å². The van der Waals surface area contributed by atoms with Crippen LogP contribution in [0.5, 0.6) is 5.75 Å². The molecule has 1 N–H and O–H groups in total. The minimum Gasteiger partial charge on any atom is -0.497 e. The van der Waals surface area contributed by atoms with Gasteiger partial charge in [0.1, 0.15) is 5.75 Å². The van der Waals surface area contributed by atoms with E-state index in [4.69, 9.17) is 9.47 Å². The van der Waals surface area contributed by atoms with E-state index in [1.54, 1.807) is 14.2 Å². The molecule has 0 unspecified atom stereocenters. The van der Waals surface area contributed by atoms with E-state index in [0.29, 0.717) is 0 Å². The number of benzene rings is 2. The molecule has 0 aromatic heterocycles. The largest absolute Gasteiger partial charge is 0.497 e. The number of methoxy groups -OCH3 is 2. The quantitative estimate of drug-likeness (QED) is 0.857. The van der Waals surface area contributed by atoms with Gasteiger partial charge >= 0.3 is 0 Å². The highest BCUT2D eigenvalue weighted by Gasteiger charge is 1.97. The zero-order valence-corrected chi connectivity index (χ0v) is 11.3. The van der Waals surface area contributed by atoms with Gasteiger partial charge in [0, 0.05) is 18.5 Å². The first-order chi connectivity index (χ1) is 9.31. The highest BCUT2D eigenvalue weighted by Crippen LogP contribution is 2.20. The molecule has 0 spiro atoms. The van der Waals surface area contributed by atoms with Crippen LogP contribution in [0.2, 0.25) is 0 Å². The van der Waals surface area contributed by atoms with Crippen molar-refractivity contribution in [2.75, 3.05) is 26.1 Å². The Hall–Kier alpha value is -2.00. The van der Waals surface area contributed by atoms with Gasteiger partial charge in [-0.15, -0.1) is 0 Å². The Labute approximate surface area is 114 Å². The maximum absolute atomic E-state index is 5.13. The second-order valence-corrected chi connectivity index (χ2v) is 4.29. The van der Waals surface area contributed by atoms with Gasteiger partial charge in [0.15, 0.2) is 0 Å². The molecule has 0 aliphatic carbocycles. The third-order valence-corrected chi connectivity index (χ3v) is 2.93. The molecular weight excluding hydrogens is 238 g/mol. The van der Waals surface area contributed by atoms with Gasteiger partial charge in [0.2, 0.25) is 0 Å². The van der Waals surface area contributed by atoms with E-state index < -0.39 is 0 Å². The SMILES string of the molecule is COCCc1ccc(Nc2ccc(OC)cc2)cc1. The summed E-state index contributed by atoms with van der Waals surface area (Å²) in [7, 11) is 3.39. The number of nitrogens with one attached hydrogen (secondary N) is 1. The second-order valence-electron chi connectivity index (χ2n) is 4.29. The number of hydrogen-bond donors (Lipinski definition) is 1. The van der Waals surface area contributed by atoms with Gasteiger partial charge in [-0.05, 0) is 48.4 Å². The lowest BCUT2D eigenvalue weighted by atomic mass is 10.1. The van der Waals surface area contributed by atoms with Gasteiger partial charge in [-0.25, -0.2) is 0 Å². The topological polar surface area (TPSA) is 30.5 Å². The summed E-state index contributed by atoms with van der Waals surface area (Å²) in [5.41, 5.74) is 3.40. The lowest BCUT2D eigenvalue weighted by molar-refractivity contribution is 0.202. The predicted octanol–water partition coefficient (Wildman–Crippen LogP) is 3.63. The van der Waals surface area contributed by atoms with Gasteiger partial charge in [-0.2, -0.15) is 0 Å². The van der Waals surface area contributed by atoms with Crippen molar-refractivity contribution in [1.82, 2.24) is 0 Å². The normalized spacial score (nSPS) is 10.2. The third kappa shape index (κ3) is 4.00. The summed E-state index contributed by atoms with van der Waals surface area (Å²) < 4.78 is 10.2. The Morgan fingerprint density at radius 2 is 1.42 bits per heavy atom. The Morgan fingerprint density at radius 3 is 1.95 bits per heavy atom. The van der Waals surface area contributed by atoms with Gasteiger partial charge in [0.25, 0.3) is 0 Å². The van der Waals surface area contributed by atoms with E-state index in [-0.39, 0.29) is 0 Å². The lowest BCUT2D eigenvalue weighted by Gasteiger charge is -2.08. The molecule has 2 rings (SSSR count). The summed E-state index contributed by atoms with van der Waals surface area (Å²) in [4.78, 5) is 0. The predicted molar refractivity (Wildman–Crippen MR) is 78.3 cm³/mol. The van der Waals surface area contributed by atoms with Crippen LogP contribution >= 0.6 is 0 Å². The number of hydrogen-bond acceptors (Lipinski definition) is 3. The van der Waals surface area contributed by atoms with E-state index in [0.717, 1.165) is 30.2 Å². The molecule has 0 fully saturated rings. The van der Waals surface area contributed by atoms with Crippen LogP contribution in [-0.4, -0.2) is 20.8 Å². The molecule has 3 heteroatoms. The lowest BCUT2D eigenvalue weighted by Crippen LogP contribution is -1.95. The average Bonchev–Trinajstić information content (AvgIpc) is 2.47. The molecule has 0 bridgehead atoms. The van der Waals surface area contributed by atoms with Crippen molar-refractivity contribution >= 4 is 11.4 Å². The molecule has 2 aromatic rings. The third-order valence-electron chi connectivity index (χ3n) is 2.93. The molecule has 0 saturated carbocycles. The van der Waals surface area contributed by atoms with Crippen molar-refractivity contribution < 1.29 is 9.47 Å². The molecule has 0 atom stereocenters. The van der Waals surface area contributed by atoms with E-state index >= 15 is 0 Å². The Morgan fingerprint density at radius 1 is 0.842 bits per heavy atom. The summed E-state index contributed by atoms with van der Waals surface area (Å²) in [5.74, 6) is 0.862. The second kappa shape index (κ2) is 6.81. The number of anilines is 2. The molecule has 0 aliphatic rings. The molecule has 0 heterocycles. The van der Waals surface area contributed by atoms with E-state index in [9.17, 15) is 0 Å². The van der Waals surface area contributed by atoms with Crippen LogP contribution in [0.15, 0.2) is 48.5 Å². The van der Waals surface area contributed by atoms with Crippen LogP contribution in [0.3, 0.4) is 0 Å². The van der Waals surface area contributed by atoms with Crippen molar-refractivity contribution in [1.29, 1.82) is 0 Å². The molecule has 0 radical (unpaired) electrons. The summed E-state index contributed by atoms with van der Waals surface area (Å²) in [6.07, 6.45) is 0.944. The first kappa shape index (κ1) is 13.4. The Balaban J connectivity index is 1.98. The average molecular weight is 257 g/mol. The van der Waals surface area contributed by atoms with Gasteiger partial charge in [-0.1, -0.05) is 12.1 Å². The van der Waals surface area contributed by atoms with E-state index in [1.165, 1.54) is 5.56 Å². The van der Waals surface area contributed by atoms with Crippen molar-refractivity contribution in [3.63, 3.8) is 0 Å². The minimum atomic E-state index is 0.755. The standard InChI is InChI=1S/C16H19NO2/c1-18-12-11-13-3-5-14(6-4-13)17-15-7-9-16(19-2)10-8-15/h3-10,17H,11-12H2,1-2H3. The van der Waals surface area contributed by atoms with Crippen molar-refractivity contribution in [2.24, 2.45) is 0 Å². The molecule has 2 aromatic carbocycles. The summed E-state index contributed by atoms with van der Waals surface area (Å²) in [5, 5.41) is 3.35. The molecule has 100 valence electrons. The zero-order chi connectivity index (χ0) is 13.5. The van der Waals surface area contributed by atoms with E-state index in [1.807, 2.05) is 24.3 Å². The monoisotopic (exact) mass is 257 g/mol. The van der Waals surface area contributed by atoms with Crippen molar-refractivity contribution in [3.8, 4) is 5.75 Å². The molecule has 0 amide bonds. The Bertz CT molecular complexity index is 491. The summed E-state index contributed by atoms with van der Waals surface area (Å²) in [6.45, 7) is 0.755. The fourth-order valence-corrected chi connectivity index (χ4v) is 1.82. The fraction of sp³-hybridized carbons (Fsp3) is 0.250. The molecule has 0 saturated heterocycles. The zero-order valence-electron chi connectivity index (χ0n) is 11.3. The fourth-order valence-electron chi connectivity index (χ4n) is 1.82. The highest BCUT2D eigenvalue weighted by molar-refractivity contribution is 5.60. The maximum atomic E-state index is 5.13. The molecule has 3 nitrogen and oxygen atoms in total. The van der Waals surface area contributed by atoms with Crippen molar-refractivity contribution in [3.05, 3.63) is 54.1 Å².